The van der Waals surface area contributed by atoms with Gasteiger partial charge in [-0.3, -0.25) is 9.59 Å². The Hall–Kier alpha value is -2.90. The van der Waals surface area contributed by atoms with Gasteiger partial charge in [0.25, 0.3) is 5.91 Å². The molecular formula is C26H28ClFN2O4. The standard InChI is InChI=1S/C26H28ClFN2O4/c1-15-13-20-19(23(28)22(15)27)14-21(30(20)3)24(31)29-16(2)17-5-7-18(8-6-17)26(25(32)33-4)9-11-34-12-10-26/h5-8,13-14,16H,9-12H2,1-4H3,(H,29,31)/t16-/m1/s1. The van der Waals surface area contributed by atoms with E-state index in [1.165, 1.54) is 13.2 Å². The van der Waals surface area contributed by atoms with Crippen LogP contribution in [0.4, 0.5) is 4.39 Å². The number of ether oxygens (including phenoxy) is 2. The molecule has 4 rings (SSSR count). The maximum Gasteiger partial charge on any atom is 0.316 e. The SMILES string of the molecule is COC(=O)C1(c2ccc([C@@H](C)NC(=O)c3cc4c(F)c(Cl)c(C)cc4n3C)cc2)CCOCC1. The van der Waals surface area contributed by atoms with Crippen LogP contribution in [0.3, 0.4) is 0 Å². The molecule has 1 N–H and O–H groups in total. The Morgan fingerprint density at radius 2 is 1.85 bits per heavy atom. The largest absolute Gasteiger partial charge is 0.468 e. The number of carbonyl (C=O) groups is 2. The summed E-state index contributed by atoms with van der Waals surface area (Å²) in [6, 6.07) is 10.6. The van der Waals surface area contributed by atoms with Crippen molar-refractivity contribution < 1.29 is 23.5 Å². The Kier molecular flexibility index (Phi) is 6.69. The molecule has 0 aliphatic carbocycles. The number of aromatic nitrogens is 1. The van der Waals surface area contributed by atoms with Crippen LogP contribution >= 0.6 is 11.6 Å². The first-order valence-electron chi connectivity index (χ1n) is 11.2. The maximum absolute atomic E-state index is 14.6. The summed E-state index contributed by atoms with van der Waals surface area (Å²) < 4.78 is 26.8. The van der Waals surface area contributed by atoms with Crippen LogP contribution in [0, 0.1) is 12.7 Å². The van der Waals surface area contributed by atoms with E-state index in [4.69, 9.17) is 21.1 Å². The molecule has 1 aliphatic rings. The highest BCUT2D eigenvalue weighted by Gasteiger charge is 2.42. The van der Waals surface area contributed by atoms with Crippen molar-refractivity contribution in [2.45, 2.75) is 38.1 Å². The molecular weight excluding hydrogens is 459 g/mol. The first-order chi connectivity index (χ1) is 16.2. The summed E-state index contributed by atoms with van der Waals surface area (Å²) in [7, 11) is 3.13. The zero-order valence-corrected chi connectivity index (χ0v) is 20.5. The van der Waals surface area contributed by atoms with Crippen LogP contribution in [-0.4, -0.2) is 36.8 Å². The van der Waals surface area contributed by atoms with E-state index in [0.29, 0.717) is 48.2 Å². The molecule has 1 fully saturated rings. The van der Waals surface area contributed by atoms with Gasteiger partial charge in [-0.2, -0.15) is 0 Å². The second kappa shape index (κ2) is 9.39. The van der Waals surface area contributed by atoms with E-state index in [9.17, 15) is 14.0 Å². The van der Waals surface area contributed by atoms with Crippen LogP contribution in [0.5, 0.6) is 0 Å². The molecule has 0 radical (unpaired) electrons. The smallest absolute Gasteiger partial charge is 0.316 e. The first kappa shape index (κ1) is 24.2. The molecule has 0 unspecified atom stereocenters. The maximum atomic E-state index is 14.6. The molecule has 34 heavy (non-hydrogen) atoms. The number of nitrogens with zero attached hydrogens (tertiary/aromatic N) is 1. The second-order valence-corrected chi connectivity index (χ2v) is 9.22. The highest BCUT2D eigenvalue weighted by atomic mass is 35.5. The third kappa shape index (κ3) is 4.07. The Bertz CT molecular complexity index is 1250. The molecule has 180 valence electrons. The summed E-state index contributed by atoms with van der Waals surface area (Å²) in [5, 5.41) is 3.35. The van der Waals surface area contributed by atoms with Crippen molar-refractivity contribution in [2.75, 3.05) is 20.3 Å². The minimum atomic E-state index is -0.718. The molecule has 1 amide bonds. The quantitative estimate of drug-likeness (QED) is 0.516. The number of esters is 1. The molecule has 0 spiro atoms. The lowest BCUT2D eigenvalue weighted by Gasteiger charge is -2.35. The lowest BCUT2D eigenvalue weighted by atomic mass is 9.74. The van der Waals surface area contributed by atoms with Crippen LogP contribution in [0.2, 0.25) is 5.02 Å². The zero-order chi connectivity index (χ0) is 24.6. The summed E-state index contributed by atoms with van der Waals surface area (Å²) in [4.78, 5) is 25.6. The summed E-state index contributed by atoms with van der Waals surface area (Å²) in [5.41, 5.74) is 2.60. The summed E-state index contributed by atoms with van der Waals surface area (Å²) in [6.45, 7) is 4.61. The Morgan fingerprint density at radius 3 is 2.47 bits per heavy atom. The van der Waals surface area contributed by atoms with Crippen molar-refractivity contribution in [3.63, 3.8) is 0 Å². The molecule has 1 aromatic heterocycles. The number of rotatable bonds is 5. The number of halogens is 2. The lowest BCUT2D eigenvalue weighted by molar-refractivity contribution is -0.151. The van der Waals surface area contributed by atoms with E-state index in [2.05, 4.69) is 5.32 Å². The van der Waals surface area contributed by atoms with Gasteiger partial charge in [-0.15, -0.1) is 0 Å². The van der Waals surface area contributed by atoms with Crippen LogP contribution in [0.1, 0.15) is 53.0 Å². The predicted molar refractivity (Wildman–Crippen MR) is 129 cm³/mol. The fraction of sp³-hybridized carbons (Fsp3) is 0.385. The summed E-state index contributed by atoms with van der Waals surface area (Å²) in [6.07, 6.45) is 1.12. The Morgan fingerprint density at radius 1 is 1.21 bits per heavy atom. The van der Waals surface area contributed by atoms with Crippen LogP contribution in [-0.2, 0) is 26.7 Å². The molecule has 1 atom stereocenters. The van der Waals surface area contributed by atoms with Gasteiger partial charge in [-0.25, -0.2) is 4.39 Å². The minimum Gasteiger partial charge on any atom is -0.468 e. The van der Waals surface area contributed by atoms with Crippen molar-refractivity contribution in [1.82, 2.24) is 9.88 Å². The number of hydrogen-bond acceptors (Lipinski definition) is 4. The zero-order valence-electron chi connectivity index (χ0n) is 19.7. The Labute approximate surface area is 203 Å². The fourth-order valence-corrected chi connectivity index (χ4v) is 4.87. The van der Waals surface area contributed by atoms with Gasteiger partial charge in [0.2, 0.25) is 0 Å². The first-order valence-corrected chi connectivity index (χ1v) is 11.6. The van der Waals surface area contributed by atoms with Gasteiger partial charge in [0.15, 0.2) is 5.82 Å². The van der Waals surface area contributed by atoms with Gasteiger partial charge in [0.05, 0.1) is 29.1 Å². The van der Waals surface area contributed by atoms with Crippen molar-refractivity contribution >= 4 is 34.4 Å². The number of fused-ring (bicyclic) bond motifs is 1. The monoisotopic (exact) mass is 486 g/mol. The molecule has 2 heterocycles. The van der Waals surface area contributed by atoms with Gasteiger partial charge in [0, 0.05) is 25.6 Å². The van der Waals surface area contributed by atoms with E-state index >= 15 is 0 Å². The molecule has 0 bridgehead atoms. The predicted octanol–water partition coefficient (Wildman–Crippen LogP) is 4.99. The van der Waals surface area contributed by atoms with E-state index in [1.54, 1.807) is 24.6 Å². The molecule has 6 nitrogen and oxygen atoms in total. The van der Waals surface area contributed by atoms with E-state index in [1.807, 2.05) is 31.2 Å². The van der Waals surface area contributed by atoms with Crippen molar-refractivity contribution in [3.8, 4) is 0 Å². The fourth-order valence-electron chi connectivity index (χ4n) is 4.72. The number of methoxy groups -OCH3 is 1. The summed E-state index contributed by atoms with van der Waals surface area (Å²) >= 11 is 6.05. The van der Waals surface area contributed by atoms with Gasteiger partial charge in [-0.1, -0.05) is 35.9 Å². The van der Waals surface area contributed by atoms with Gasteiger partial charge in [0.1, 0.15) is 5.69 Å². The number of amides is 1. The second-order valence-electron chi connectivity index (χ2n) is 8.85. The van der Waals surface area contributed by atoms with Gasteiger partial charge in [-0.05, 0) is 55.5 Å². The topological polar surface area (TPSA) is 69.6 Å². The molecule has 8 heteroatoms. The average Bonchev–Trinajstić information content (AvgIpc) is 3.18. The number of benzene rings is 2. The van der Waals surface area contributed by atoms with Crippen molar-refractivity contribution in [3.05, 3.63) is 69.6 Å². The lowest BCUT2D eigenvalue weighted by Crippen LogP contribution is -2.42. The highest BCUT2D eigenvalue weighted by Crippen LogP contribution is 2.37. The molecule has 1 saturated heterocycles. The molecule has 3 aromatic rings. The highest BCUT2D eigenvalue weighted by molar-refractivity contribution is 6.32. The van der Waals surface area contributed by atoms with Crippen LogP contribution in [0.25, 0.3) is 10.9 Å². The van der Waals surface area contributed by atoms with E-state index in [-0.39, 0.29) is 22.9 Å². The number of aryl methyl sites for hydroxylation is 2. The van der Waals surface area contributed by atoms with Gasteiger partial charge < -0.3 is 19.4 Å². The number of nitrogens with one attached hydrogen (secondary N) is 1. The van der Waals surface area contributed by atoms with Crippen LogP contribution < -0.4 is 5.32 Å². The third-order valence-electron chi connectivity index (χ3n) is 6.87. The van der Waals surface area contributed by atoms with Crippen molar-refractivity contribution in [2.24, 2.45) is 7.05 Å². The van der Waals surface area contributed by atoms with Crippen molar-refractivity contribution in [1.29, 1.82) is 0 Å². The normalized spacial score (nSPS) is 16.3. The minimum absolute atomic E-state index is 0.0628. The number of hydrogen-bond donors (Lipinski definition) is 1. The molecule has 2 aromatic carbocycles. The van der Waals surface area contributed by atoms with Crippen LogP contribution in [0.15, 0.2) is 36.4 Å². The van der Waals surface area contributed by atoms with E-state index < -0.39 is 11.2 Å². The number of carbonyl (C=O) groups excluding carboxylic acids is 2. The summed E-state index contributed by atoms with van der Waals surface area (Å²) in [5.74, 6) is -1.11. The average molecular weight is 487 g/mol. The van der Waals surface area contributed by atoms with Gasteiger partial charge >= 0.3 is 5.97 Å². The molecule has 0 saturated carbocycles. The Balaban J connectivity index is 1.56. The molecule has 1 aliphatic heterocycles. The van der Waals surface area contributed by atoms with E-state index in [0.717, 1.165) is 11.1 Å². The third-order valence-corrected chi connectivity index (χ3v) is 7.34.